The van der Waals surface area contributed by atoms with Crippen LogP contribution in [-0.4, -0.2) is 43.5 Å². The van der Waals surface area contributed by atoms with E-state index < -0.39 is 0 Å². The molecule has 1 fully saturated rings. The van der Waals surface area contributed by atoms with E-state index in [0.29, 0.717) is 16.1 Å². The highest BCUT2D eigenvalue weighted by molar-refractivity contribution is 6.35. The summed E-state index contributed by atoms with van der Waals surface area (Å²) >= 11 is 6.53. The van der Waals surface area contributed by atoms with E-state index in [2.05, 4.69) is 28.4 Å². The van der Waals surface area contributed by atoms with Gasteiger partial charge in [0.1, 0.15) is 0 Å². The van der Waals surface area contributed by atoms with E-state index in [-0.39, 0.29) is 5.78 Å². The highest BCUT2D eigenvalue weighted by atomic mass is 35.5. The Hall–Kier alpha value is -2.66. The van der Waals surface area contributed by atoms with Crippen molar-refractivity contribution in [1.29, 1.82) is 0 Å². The van der Waals surface area contributed by atoms with Crippen LogP contribution in [0.2, 0.25) is 5.02 Å². The van der Waals surface area contributed by atoms with Gasteiger partial charge in [0, 0.05) is 35.6 Å². The molecule has 3 aromatic rings. The van der Waals surface area contributed by atoms with E-state index in [9.17, 15) is 4.79 Å². The molecule has 1 aliphatic rings. The van der Waals surface area contributed by atoms with Crippen molar-refractivity contribution in [3.8, 4) is 0 Å². The smallest absolute Gasteiger partial charge is 0.194 e. The molecule has 0 aliphatic carbocycles. The van der Waals surface area contributed by atoms with Gasteiger partial charge in [-0.15, -0.1) is 0 Å². The fourth-order valence-corrected chi connectivity index (χ4v) is 4.35. The predicted molar refractivity (Wildman–Crippen MR) is 131 cm³/mol. The Kier molecular flexibility index (Phi) is 7.59. The first-order chi connectivity index (χ1) is 15.6. The molecule has 32 heavy (non-hydrogen) atoms. The molecule has 0 spiro atoms. The van der Waals surface area contributed by atoms with Crippen LogP contribution in [0.5, 0.6) is 0 Å². The Bertz CT molecular complexity index is 1080. The van der Waals surface area contributed by atoms with Crippen molar-refractivity contribution < 1.29 is 9.53 Å². The zero-order valence-corrected chi connectivity index (χ0v) is 19.2. The molecular formula is C27H29ClN2O2. The van der Waals surface area contributed by atoms with Gasteiger partial charge in [-0.25, -0.2) is 0 Å². The molecular weight excluding hydrogens is 420 g/mol. The monoisotopic (exact) mass is 448 g/mol. The third-order valence-electron chi connectivity index (χ3n) is 5.92. The van der Waals surface area contributed by atoms with Gasteiger partial charge in [0.05, 0.1) is 18.2 Å². The van der Waals surface area contributed by atoms with Crippen molar-refractivity contribution >= 4 is 28.8 Å². The minimum Gasteiger partial charge on any atom is -0.379 e. The zero-order valence-electron chi connectivity index (χ0n) is 18.4. The van der Waals surface area contributed by atoms with E-state index in [1.54, 1.807) is 6.07 Å². The van der Waals surface area contributed by atoms with Crippen LogP contribution in [0.4, 0.5) is 11.4 Å². The van der Waals surface area contributed by atoms with Crippen molar-refractivity contribution in [2.24, 2.45) is 0 Å². The first-order valence-corrected chi connectivity index (χ1v) is 11.5. The molecule has 1 N–H and O–H groups in total. The maximum atomic E-state index is 12.9. The van der Waals surface area contributed by atoms with Gasteiger partial charge in [0.25, 0.3) is 0 Å². The van der Waals surface area contributed by atoms with Gasteiger partial charge in [-0.2, -0.15) is 0 Å². The van der Waals surface area contributed by atoms with Gasteiger partial charge in [-0.05, 0) is 61.7 Å². The van der Waals surface area contributed by atoms with Crippen molar-refractivity contribution in [1.82, 2.24) is 4.90 Å². The lowest BCUT2D eigenvalue weighted by Crippen LogP contribution is -2.36. The molecule has 0 aromatic heterocycles. The van der Waals surface area contributed by atoms with Crippen LogP contribution in [0.1, 0.15) is 33.5 Å². The molecule has 4 nitrogen and oxygen atoms in total. The van der Waals surface area contributed by atoms with Gasteiger partial charge in [-0.3, -0.25) is 9.69 Å². The third kappa shape index (κ3) is 5.57. The van der Waals surface area contributed by atoms with Gasteiger partial charge in [0.15, 0.2) is 5.78 Å². The number of anilines is 2. The lowest BCUT2D eigenvalue weighted by molar-refractivity contribution is 0.0375. The van der Waals surface area contributed by atoms with Gasteiger partial charge in [0.2, 0.25) is 0 Å². The van der Waals surface area contributed by atoms with E-state index in [1.807, 2.05) is 49.4 Å². The second-order valence-corrected chi connectivity index (χ2v) is 8.59. The fourth-order valence-electron chi connectivity index (χ4n) is 4.08. The number of para-hydroxylation sites is 1. The van der Waals surface area contributed by atoms with Crippen molar-refractivity contribution in [3.05, 3.63) is 94.0 Å². The lowest BCUT2D eigenvalue weighted by Gasteiger charge is -2.26. The second-order valence-electron chi connectivity index (χ2n) is 8.18. The molecule has 3 aromatic carbocycles. The molecule has 0 saturated carbocycles. The average molecular weight is 449 g/mol. The predicted octanol–water partition coefficient (Wildman–Crippen LogP) is 5.89. The fraction of sp³-hybridized carbons (Fsp3) is 0.296. The maximum absolute atomic E-state index is 12.9. The molecule has 4 rings (SSSR count). The normalized spacial score (nSPS) is 14.3. The van der Waals surface area contributed by atoms with E-state index >= 15 is 0 Å². The molecule has 1 aliphatic heterocycles. The maximum Gasteiger partial charge on any atom is 0.194 e. The number of hydrogen-bond donors (Lipinski definition) is 1. The van der Waals surface area contributed by atoms with Crippen LogP contribution in [-0.2, 0) is 11.2 Å². The summed E-state index contributed by atoms with van der Waals surface area (Å²) < 4.78 is 5.43. The number of halogens is 1. The number of ketones is 1. The van der Waals surface area contributed by atoms with Crippen LogP contribution >= 0.6 is 11.6 Å². The molecule has 0 amide bonds. The summed E-state index contributed by atoms with van der Waals surface area (Å²) in [6.45, 7) is 6.73. The quantitative estimate of drug-likeness (QED) is 0.436. The number of carbonyl (C=O) groups is 1. The first-order valence-electron chi connectivity index (χ1n) is 11.2. The molecule has 0 atom stereocenters. The number of morpholine rings is 1. The average Bonchev–Trinajstić information content (AvgIpc) is 2.81. The second kappa shape index (κ2) is 10.8. The van der Waals surface area contributed by atoms with Gasteiger partial charge >= 0.3 is 0 Å². The number of hydrogen-bond acceptors (Lipinski definition) is 4. The van der Waals surface area contributed by atoms with Crippen LogP contribution in [0.3, 0.4) is 0 Å². The molecule has 1 saturated heterocycles. The molecule has 5 heteroatoms. The van der Waals surface area contributed by atoms with Crippen molar-refractivity contribution in [3.63, 3.8) is 0 Å². The number of benzene rings is 3. The lowest BCUT2D eigenvalue weighted by atomic mass is 9.99. The number of aryl methyl sites for hydroxylation is 2. The molecule has 1 heterocycles. The zero-order chi connectivity index (χ0) is 22.3. The topological polar surface area (TPSA) is 41.6 Å². The molecule has 0 bridgehead atoms. The van der Waals surface area contributed by atoms with E-state index in [0.717, 1.165) is 62.6 Å². The van der Waals surface area contributed by atoms with Gasteiger partial charge < -0.3 is 10.1 Å². The third-order valence-corrected chi connectivity index (χ3v) is 6.24. The minimum atomic E-state index is -0.0526. The Morgan fingerprint density at radius 2 is 1.75 bits per heavy atom. The Balaban J connectivity index is 1.43. The molecule has 0 unspecified atom stereocenters. The Labute approximate surface area is 195 Å². The summed E-state index contributed by atoms with van der Waals surface area (Å²) in [5.41, 5.74) is 5.37. The summed E-state index contributed by atoms with van der Waals surface area (Å²) in [4.78, 5) is 15.4. The molecule has 166 valence electrons. The standard InChI is InChI=1S/C27H29ClN2O2/c1-20-7-2-4-10-23(20)27(31)24-13-12-22(19-25(24)28)29-26-11-5-3-8-21(26)9-6-14-30-15-17-32-18-16-30/h2-5,7-8,10-13,19,29H,6,9,14-18H2,1H3. The van der Waals surface area contributed by atoms with Crippen molar-refractivity contribution in [2.45, 2.75) is 19.8 Å². The first kappa shape index (κ1) is 22.5. The summed E-state index contributed by atoms with van der Waals surface area (Å²) in [5.74, 6) is -0.0526. The van der Waals surface area contributed by atoms with Crippen molar-refractivity contribution in [2.75, 3.05) is 38.2 Å². The van der Waals surface area contributed by atoms with Crippen LogP contribution in [0.15, 0.2) is 66.7 Å². The Morgan fingerprint density at radius 1 is 1.00 bits per heavy atom. The summed E-state index contributed by atoms with van der Waals surface area (Å²) in [6.07, 6.45) is 2.10. The largest absolute Gasteiger partial charge is 0.379 e. The summed E-state index contributed by atoms with van der Waals surface area (Å²) in [5, 5.41) is 3.94. The van der Waals surface area contributed by atoms with Gasteiger partial charge in [-0.1, -0.05) is 54.1 Å². The molecule has 0 radical (unpaired) electrons. The number of rotatable bonds is 8. The highest BCUT2D eigenvalue weighted by Crippen LogP contribution is 2.28. The number of nitrogens with one attached hydrogen (secondary N) is 1. The number of ether oxygens (including phenoxy) is 1. The SMILES string of the molecule is Cc1ccccc1C(=O)c1ccc(Nc2ccccc2CCCN2CCOCC2)cc1Cl. The van der Waals surface area contributed by atoms with Crippen LogP contribution in [0, 0.1) is 6.92 Å². The van der Waals surface area contributed by atoms with Crippen LogP contribution < -0.4 is 5.32 Å². The van der Waals surface area contributed by atoms with Crippen LogP contribution in [0.25, 0.3) is 0 Å². The number of carbonyl (C=O) groups excluding carboxylic acids is 1. The number of nitrogens with zero attached hydrogens (tertiary/aromatic N) is 1. The summed E-state index contributed by atoms with van der Waals surface area (Å²) in [7, 11) is 0. The minimum absolute atomic E-state index is 0.0526. The van der Waals surface area contributed by atoms with E-state index in [1.165, 1.54) is 5.56 Å². The summed E-state index contributed by atoms with van der Waals surface area (Å²) in [6, 6.07) is 21.5. The van der Waals surface area contributed by atoms with E-state index in [4.69, 9.17) is 16.3 Å². The highest BCUT2D eigenvalue weighted by Gasteiger charge is 2.15. The Morgan fingerprint density at radius 3 is 2.53 bits per heavy atom.